The summed E-state index contributed by atoms with van der Waals surface area (Å²) < 4.78 is 5.29. The number of aryl methyl sites for hydroxylation is 1. The van der Waals surface area contributed by atoms with Gasteiger partial charge in [-0.1, -0.05) is 53.2 Å². The molecule has 0 unspecified atom stereocenters. The molecule has 4 nitrogen and oxygen atoms in total. The van der Waals surface area contributed by atoms with Crippen LogP contribution in [-0.4, -0.2) is 11.1 Å². The van der Waals surface area contributed by atoms with Crippen LogP contribution in [0.3, 0.4) is 0 Å². The maximum Gasteiger partial charge on any atom is 0.230 e. The first kappa shape index (κ1) is 15.3. The number of carbonyl (C=O) groups excluding carboxylic acids is 1. The minimum absolute atomic E-state index is 0.141. The number of nitrogens with one attached hydrogen (secondary N) is 1. The number of carbonyl (C=O) groups is 1. The summed E-state index contributed by atoms with van der Waals surface area (Å²) in [6.45, 7) is 1.91. The van der Waals surface area contributed by atoms with Crippen molar-refractivity contribution in [2.75, 3.05) is 5.32 Å². The van der Waals surface area contributed by atoms with Crippen LogP contribution in [0.4, 0.5) is 5.69 Å². The highest BCUT2D eigenvalue weighted by Gasteiger charge is 2.11. The van der Waals surface area contributed by atoms with Gasteiger partial charge >= 0.3 is 0 Å². The van der Waals surface area contributed by atoms with Crippen molar-refractivity contribution in [3.63, 3.8) is 0 Å². The number of amides is 1. The van der Waals surface area contributed by atoms with Crippen LogP contribution in [0.2, 0.25) is 5.02 Å². The molecule has 0 radical (unpaired) electrons. The monoisotopic (exact) mass is 326 g/mol. The zero-order chi connectivity index (χ0) is 16.2. The summed E-state index contributed by atoms with van der Waals surface area (Å²) in [5, 5.41) is 7.38. The Morgan fingerprint density at radius 3 is 2.74 bits per heavy atom. The Bertz CT molecular complexity index is 828. The molecule has 1 heterocycles. The van der Waals surface area contributed by atoms with E-state index < -0.39 is 0 Å². The summed E-state index contributed by atoms with van der Waals surface area (Å²) in [7, 11) is 0. The van der Waals surface area contributed by atoms with Gasteiger partial charge in [-0.15, -0.1) is 0 Å². The van der Waals surface area contributed by atoms with Crippen LogP contribution >= 0.6 is 11.6 Å². The Hall–Kier alpha value is -2.59. The molecule has 3 rings (SSSR count). The van der Waals surface area contributed by atoms with Gasteiger partial charge in [0.15, 0.2) is 5.76 Å². The number of anilines is 1. The maximum absolute atomic E-state index is 12.2. The zero-order valence-corrected chi connectivity index (χ0v) is 13.3. The Kier molecular flexibility index (Phi) is 4.44. The smallest absolute Gasteiger partial charge is 0.230 e. The van der Waals surface area contributed by atoms with E-state index in [0.717, 1.165) is 11.1 Å². The molecule has 0 aliphatic rings. The molecule has 1 amide bonds. The number of hydrogen-bond donors (Lipinski definition) is 1. The molecule has 0 saturated carbocycles. The van der Waals surface area contributed by atoms with Gasteiger partial charge in [0.25, 0.3) is 0 Å². The average Bonchev–Trinajstić information content (AvgIpc) is 3.00. The Morgan fingerprint density at radius 1 is 1.17 bits per heavy atom. The molecule has 116 valence electrons. The molecule has 0 atom stereocenters. The molecule has 0 aliphatic heterocycles. The molecular formula is C18H15ClN2O2. The summed E-state index contributed by atoms with van der Waals surface area (Å²) >= 11 is 5.95. The van der Waals surface area contributed by atoms with Crippen molar-refractivity contribution in [2.45, 2.75) is 13.3 Å². The van der Waals surface area contributed by atoms with Crippen LogP contribution in [0.15, 0.2) is 59.1 Å². The third kappa shape index (κ3) is 3.79. The summed E-state index contributed by atoms with van der Waals surface area (Å²) in [6.07, 6.45) is 0.141. The molecule has 1 aromatic heterocycles. The van der Waals surface area contributed by atoms with E-state index in [9.17, 15) is 4.79 Å². The van der Waals surface area contributed by atoms with Crippen LogP contribution in [0.25, 0.3) is 11.3 Å². The predicted octanol–water partition coefficient (Wildman–Crippen LogP) is 4.48. The van der Waals surface area contributed by atoms with E-state index in [1.165, 1.54) is 0 Å². The van der Waals surface area contributed by atoms with Crippen LogP contribution in [0.1, 0.15) is 11.3 Å². The van der Waals surface area contributed by atoms with Crippen molar-refractivity contribution in [1.29, 1.82) is 0 Å². The van der Waals surface area contributed by atoms with Crippen LogP contribution in [-0.2, 0) is 11.2 Å². The molecule has 0 fully saturated rings. The minimum atomic E-state index is -0.164. The van der Waals surface area contributed by atoms with Crippen molar-refractivity contribution in [2.24, 2.45) is 0 Å². The molecule has 0 saturated heterocycles. The molecule has 3 aromatic rings. The molecular weight excluding hydrogens is 312 g/mol. The van der Waals surface area contributed by atoms with Crippen LogP contribution in [0, 0.1) is 6.92 Å². The van der Waals surface area contributed by atoms with Crippen molar-refractivity contribution in [3.8, 4) is 11.3 Å². The fourth-order valence-corrected chi connectivity index (χ4v) is 2.39. The normalized spacial score (nSPS) is 10.5. The summed E-state index contributed by atoms with van der Waals surface area (Å²) in [5.74, 6) is 0.482. The SMILES string of the molecule is Cc1ccc(Cl)cc1NC(=O)Cc1cc(-c2ccccc2)on1. The lowest BCUT2D eigenvalue weighted by Gasteiger charge is -2.07. The standard InChI is InChI=1S/C18H15ClN2O2/c1-12-7-8-14(19)9-16(12)20-18(22)11-15-10-17(23-21-15)13-5-3-2-4-6-13/h2-10H,11H2,1H3,(H,20,22). The summed E-state index contributed by atoms with van der Waals surface area (Å²) in [5.41, 5.74) is 3.17. The van der Waals surface area contributed by atoms with Crippen molar-refractivity contribution >= 4 is 23.2 Å². The zero-order valence-electron chi connectivity index (χ0n) is 12.5. The van der Waals surface area contributed by atoms with E-state index in [-0.39, 0.29) is 12.3 Å². The van der Waals surface area contributed by atoms with Gasteiger partial charge in [-0.2, -0.15) is 0 Å². The third-order valence-corrected chi connectivity index (χ3v) is 3.67. The second kappa shape index (κ2) is 6.67. The second-order valence-electron chi connectivity index (χ2n) is 5.23. The van der Waals surface area contributed by atoms with Crippen molar-refractivity contribution < 1.29 is 9.32 Å². The first-order chi connectivity index (χ1) is 11.1. The number of benzene rings is 2. The fraction of sp³-hybridized carbons (Fsp3) is 0.111. The molecule has 2 aromatic carbocycles. The lowest BCUT2D eigenvalue weighted by Crippen LogP contribution is -2.15. The van der Waals surface area contributed by atoms with Gasteiger partial charge in [0, 0.05) is 22.3 Å². The summed E-state index contributed by atoms with van der Waals surface area (Å²) in [4.78, 5) is 12.2. The highest BCUT2D eigenvalue weighted by atomic mass is 35.5. The van der Waals surface area contributed by atoms with E-state index in [4.69, 9.17) is 16.1 Å². The maximum atomic E-state index is 12.2. The lowest BCUT2D eigenvalue weighted by molar-refractivity contribution is -0.115. The second-order valence-corrected chi connectivity index (χ2v) is 5.67. The Labute approximate surface area is 139 Å². The van der Waals surface area contributed by atoms with E-state index >= 15 is 0 Å². The highest BCUT2D eigenvalue weighted by Crippen LogP contribution is 2.22. The summed E-state index contributed by atoms with van der Waals surface area (Å²) in [6, 6.07) is 16.8. The Morgan fingerprint density at radius 2 is 1.96 bits per heavy atom. The van der Waals surface area contributed by atoms with Gasteiger partial charge in [-0.3, -0.25) is 4.79 Å². The number of aromatic nitrogens is 1. The molecule has 0 spiro atoms. The van der Waals surface area contributed by atoms with Gasteiger partial charge in [0.05, 0.1) is 12.1 Å². The van der Waals surface area contributed by atoms with E-state index in [2.05, 4.69) is 10.5 Å². The number of halogens is 1. The van der Waals surface area contributed by atoms with Gasteiger partial charge in [-0.05, 0) is 24.6 Å². The van der Waals surface area contributed by atoms with Gasteiger partial charge in [0.1, 0.15) is 0 Å². The minimum Gasteiger partial charge on any atom is -0.356 e. The van der Waals surface area contributed by atoms with Gasteiger partial charge in [0.2, 0.25) is 5.91 Å². The highest BCUT2D eigenvalue weighted by molar-refractivity contribution is 6.31. The van der Waals surface area contributed by atoms with Gasteiger partial charge < -0.3 is 9.84 Å². The third-order valence-electron chi connectivity index (χ3n) is 3.43. The molecule has 0 aliphatic carbocycles. The molecule has 5 heteroatoms. The number of rotatable bonds is 4. The van der Waals surface area contributed by atoms with Crippen LogP contribution < -0.4 is 5.32 Å². The van der Waals surface area contributed by atoms with E-state index in [1.54, 1.807) is 18.2 Å². The van der Waals surface area contributed by atoms with Crippen molar-refractivity contribution in [1.82, 2.24) is 5.16 Å². The number of hydrogen-bond acceptors (Lipinski definition) is 3. The predicted molar refractivity (Wildman–Crippen MR) is 90.5 cm³/mol. The topological polar surface area (TPSA) is 55.1 Å². The molecule has 1 N–H and O–H groups in total. The lowest BCUT2D eigenvalue weighted by atomic mass is 10.1. The Balaban J connectivity index is 1.69. The number of nitrogens with zero attached hydrogens (tertiary/aromatic N) is 1. The van der Waals surface area contributed by atoms with E-state index in [0.29, 0.717) is 22.2 Å². The average molecular weight is 327 g/mol. The fourth-order valence-electron chi connectivity index (χ4n) is 2.22. The molecule has 0 bridgehead atoms. The molecule has 23 heavy (non-hydrogen) atoms. The largest absolute Gasteiger partial charge is 0.356 e. The quantitative estimate of drug-likeness (QED) is 0.768. The first-order valence-electron chi connectivity index (χ1n) is 7.19. The van der Waals surface area contributed by atoms with Gasteiger partial charge in [-0.25, -0.2) is 0 Å². The van der Waals surface area contributed by atoms with Crippen LogP contribution in [0.5, 0.6) is 0 Å². The first-order valence-corrected chi connectivity index (χ1v) is 7.56. The van der Waals surface area contributed by atoms with E-state index in [1.807, 2.05) is 43.3 Å². The van der Waals surface area contributed by atoms with Crippen molar-refractivity contribution in [3.05, 3.63) is 70.9 Å².